The lowest BCUT2D eigenvalue weighted by atomic mass is 10.0. The number of hydrogen-bond donors (Lipinski definition) is 3. The molecule has 140 valence electrons. The van der Waals surface area contributed by atoms with E-state index in [-0.39, 0.29) is 17.8 Å². The first kappa shape index (κ1) is 19.6. The minimum atomic E-state index is -0.120. The summed E-state index contributed by atoms with van der Waals surface area (Å²) in [6.07, 6.45) is 1.77. The number of benzene rings is 2. The van der Waals surface area contributed by atoms with Crippen molar-refractivity contribution in [3.63, 3.8) is 0 Å². The third-order valence-corrected chi connectivity index (χ3v) is 3.92. The second kappa shape index (κ2) is 9.13. The third-order valence-electron chi connectivity index (χ3n) is 3.92. The largest absolute Gasteiger partial charge is 0.508 e. The van der Waals surface area contributed by atoms with Crippen LogP contribution in [0.1, 0.15) is 37.0 Å². The van der Waals surface area contributed by atoms with Crippen molar-refractivity contribution in [3.05, 3.63) is 53.1 Å². The summed E-state index contributed by atoms with van der Waals surface area (Å²) in [5.41, 5.74) is 3.36. The molecule has 0 heterocycles. The fourth-order valence-electron chi connectivity index (χ4n) is 2.78. The number of rotatable bonds is 7. The molecule has 0 atom stereocenters. The van der Waals surface area contributed by atoms with E-state index in [1.165, 1.54) is 5.56 Å². The monoisotopic (exact) mass is 356 g/mol. The smallest absolute Gasteiger partial charge is 0.314 e. The first-order valence-corrected chi connectivity index (χ1v) is 8.96. The van der Waals surface area contributed by atoms with E-state index in [9.17, 15) is 9.90 Å². The Bertz CT molecular complexity index is 716. The standard InChI is InChI=1S/C21H28N2O3/c1-14(2)23-21(25)22-11-5-6-17-12-15(3)20(16(4)13-17)26-19-9-7-18(24)8-10-19/h7-10,12-14,24H,5-6,11H2,1-4H3,(H2,22,23,25). The summed E-state index contributed by atoms with van der Waals surface area (Å²) in [7, 11) is 0. The van der Waals surface area contributed by atoms with E-state index in [0.717, 1.165) is 29.7 Å². The molecule has 2 aromatic carbocycles. The highest BCUT2D eigenvalue weighted by Gasteiger charge is 2.08. The number of carbonyl (C=O) groups is 1. The molecule has 0 saturated heterocycles. The highest BCUT2D eigenvalue weighted by molar-refractivity contribution is 5.74. The normalized spacial score (nSPS) is 10.7. The second-order valence-electron chi connectivity index (χ2n) is 6.81. The average Bonchev–Trinajstić information content (AvgIpc) is 2.56. The lowest BCUT2D eigenvalue weighted by Crippen LogP contribution is -2.39. The average molecular weight is 356 g/mol. The van der Waals surface area contributed by atoms with Crippen LogP contribution in [0.2, 0.25) is 0 Å². The van der Waals surface area contributed by atoms with Crippen molar-refractivity contribution in [2.24, 2.45) is 0 Å². The second-order valence-corrected chi connectivity index (χ2v) is 6.81. The molecular formula is C21H28N2O3. The van der Waals surface area contributed by atoms with Crippen LogP contribution in [0.5, 0.6) is 17.2 Å². The number of ether oxygens (including phenoxy) is 1. The maximum atomic E-state index is 11.6. The zero-order valence-corrected chi connectivity index (χ0v) is 15.9. The van der Waals surface area contributed by atoms with Crippen LogP contribution in [0.25, 0.3) is 0 Å². The molecule has 5 nitrogen and oxygen atoms in total. The van der Waals surface area contributed by atoms with E-state index in [1.54, 1.807) is 24.3 Å². The van der Waals surface area contributed by atoms with Gasteiger partial charge in [0.1, 0.15) is 17.2 Å². The molecule has 0 spiro atoms. The van der Waals surface area contributed by atoms with Crippen molar-refractivity contribution < 1.29 is 14.6 Å². The maximum absolute atomic E-state index is 11.6. The number of amides is 2. The van der Waals surface area contributed by atoms with Crippen molar-refractivity contribution >= 4 is 6.03 Å². The van der Waals surface area contributed by atoms with E-state index in [0.29, 0.717) is 12.3 Å². The van der Waals surface area contributed by atoms with Gasteiger partial charge in [-0.25, -0.2) is 4.79 Å². The first-order valence-electron chi connectivity index (χ1n) is 8.96. The van der Waals surface area contributed by atoms with Crippen LogP contribution in [0.15, 0.2) is 36.4 Å². The van der Waals surface area contributed by atoms with Gasteiger partial charge in [-0.05, 0) is 81.5 Å². The minimum Gasteiger partial charge on any atom is -0.508 e. The van der Waals surface area contributed by atoms with Crippen molar-refractivity contribution in [3.8, 4) is 17.2 Å². The van der Waals surface area contributed by atoms with Crippen molar-refractivity contribution in [2.75, 3.05) is 6.54 Å². The summed E-state index contributed by atoms with van der Waals surface area (Å²) in [5, 5.41) is 15.0. The topological polar surface area (TPSA) is 70.6 Å². The Labute approximate surface area is 155 Å². The number of nitrogens with one attached hydrogen (secondary N) is 2. The molecule has 5 heteroatoms. The Morgan fingerprint density at radius 1 is 1.12 bits per heavy atom. The van der Waals surface area contributed by atoms with Crippen molar-refractivity contribution in [2.45, 2.75) is 46.6 Å². The molecule has 0 aliphatic rings. The minimum absolute atomic E-state index is 0.120. The predicted molar refractivity (Wildman–Crippen MR) is 104 cm³/mol. The lowest BCUT2D eigenvalue weighted by molar-refractivity contribution is 0.238. The van der Waals surface area contributed by atoms with Crippen LogP contribution in [0, 0.1) is 13.8 Å². The van der Waals surface area contributed by atoms with Gasteiger partial charge in [0.2, 0.25) is 0 Å². The maximum Gasteiger partial charge on any atom is 0.314 e. The Kier molecular flexibility index (Phi) is 6.89. The Hall–Kier alpha value is -2.69. The molecule has 2 amide bonds. The molecule has 0 radical (unpaired) electrons. The molecule has 2 rings (SSSR count). The van der Waals surface area contributed by atoms with E-state index in [1.807, 2.05) is 27.7 Å². The number of urea groups is 1. The molecule has 0 aromatic heterocycles. The van der Waals surface area contributed by atoms with Gasteiger partial charge >= 0.3 is 6.03 Å². The zero-order chi connectivity index (χ0) is 19.1. The third kappa shape index (κ3) is 5.99. The summed E-state index contributed by atoms with van der Waals surface area (Å²) in [6.45, 7) is 8.57. The van der Waals surface area contributed by atoms with E-state index < -0.39 is 0 Å². The summed E-state index contributed by atoms with van der Waals surface area (Å²) >= 11 is 0. The van der Waals surface area contributed by atoms with Gasteiger partial charge in [0.25, 0.3) is 0 Å². The van der Waals surface area contributed by atoms with Crippen LogP contribution in [-0.4, -0.2) is 23.7 Å². The van der Waals surface area contributed by atoms with Crippen LogP contribution in [0.3, 0.4) is 0 Å². The number of aromatic hydroxyl groups is 1. The highest BCUT2D eigenvalue weighted by atomic mass is 16.5. The molecule has 0 aliphatic heterocycles. The summed E-state index contributed by atoms with van der Waals surface area (Å²) in [4.78, 5) is 11.6. The molecule has 0 saturated carbocycles. The molecule has 0 aliphatic carbocycles. The van der Waals surface area contributed by atoms with Crippen molar-refractivity contribution in [1.29, 1.82) is 0 Å². The van der Waals surface area contributed by atoms with Crippen LogP contribution in [0.4, 0.5) is 4.79 Å². The number of phenols is 1. The summed E-state index contributed by atoms with van der Waals surface area (Å²) < 4.78 is 5.97. The lowest BCUT2D eigenvalue weighted by Gasteiger charge is -2.14. The molecular weight excluding hydrogens is 328 g/mol. The predicted octanol–water partition coefficient (Wildman–Crippen LogP) is 4.44. The van der Waals surface area contributed by atoms with Crippen LogP contribution < -0.4 is 15.4 Å². The van der Waals surface area contributed by atoms with E-state index in [2.05, 4.69) is 22.8 Å². The van der Waals surface area contributed by atoms with Gasteiger partial charge in [-0.15, -0.1) is 0 Å². The number of carbonyl (C=O) groups excluding carboxylic acids is 1. The Balaban J connectivity index is 1.92. The van der Waals surface area contributed by atoms with Gasteiger partial charge in [-0.3, -0.25) is 0 Å². The Morgan fingerprint density at radius 2 is 1.73 bits per heavy atom. The van der Waals surface area contributed by atoms with Crippen molar-refractivity contribution in [1.82, 2.24) is 10.6 Å². The zero-order valence-electron chi connectivity index (χ0n) is 15.9. The van der Waals surface area contributed by atoms with Gasteiger partial charge in [-0.1, -0.05) is 12.1 Å². The SMILES string of the molecule is Cc1cc(CCCNC(=O)NC(C)C)cc(C)c1Oc1ccc(O)cc1. The van der Waals surface area contributed by atoms with Gasteiger partial charge in [0, 0.05) is 12.6 Å². The van der Waals surface area contributed by atoms with Gasteiger partial charge in [-0.2, -0.15) is 0 Å². The van der Waals surface area contributed by atoms with Gasteiger partial charge < -0.3 is 20.5 Å². The van der Waals surface area contributed by atoms with Gasteiger partial charge in [0.15, 0.2) is 0 Å². The van der Waals surface area contributed by atoms with Gasteiger partial charge in [0.05, 0.1) is 0 Å². The summed E-state index contributed by atoms with van der Waals surface area (Å²) in [5.74, 6) is 1.76. The molecule has 0 fully saturated rings. The fraction of sp³-hybridized carbons (Fsp3) is 0.381. The van der Waals surface area contributed by atoms with E-state index >= 15 is 0 Å². The van der Waals surface area contributed by atoms with Crippen LogP contribution in [-0.2, 0) is 6.42 Å². The number of aryl methyl sites for hydroxylation is 3. The molecule has 0 unspecified atom stereocenters. The first-order chi connectivity index (χ1) is 12.3. The highest BCUT2D eigenvalue weighted by Crippen LogP contribution is 2.30. The molecule has 2 aromatic rings. The fourth-order valence-corrected chi connectivity index (χ4v) is 2.78. The molecule has 26 heavy (non-hydrogen) atoms. The molecule has 3 N–H and O–H groups in total. The quantitative estimate of drug-likeness (QED) is 0.642. The summed E-state index contributed by atoms with van der Waals surface area (Å²) in [6, 6.07) is 11.0. The number of phenolic OH excluding ortho intramolecular Hbond substituents is 1. The number of hydrogen-bond acceptors (Lipinski definition) is 3. The van der Waals surface area contributed by atoms with E-state index in [4.69, 9.17) is 4.74 Å². The molecule has 0 bridgehead atoms. The van der Waals surface area contributed by atoms with Crippen LogP contribution >= 0.6 is 0 Å². The Morgan fingerprint density at radius 3 is 2.31 bits per heavy atom.